The van der Waals surface area contributed by atoms with Crippen LogP contribution < -0.4 is 0 Å². The van der Waals surface area contributed by atoms with Gasteiger partial charge >= 0.3 is 0 Å². The molecule has 3 heterocycles. The number of piperidine rings is 2. The summed E-state index contributed by atoms with van der Waals surface area (Å²) in [7, 11) is 4.51. The molecule has 1 spiro atoms. The Kier molecular flexibility index (Phi) is 3.18. The zero-order valence-corrected chi connectivity index (χ0v) is 11.5. The molecule has 98 valence electrons. The highest BCUT2D eigenvalue weighted by atomic mass is 15.3. The fourth-order valence-corrected chi connectivity index (χ4v) is 3.85. The summed E-state index contributed by atoms with van der Waals surface area (Å²) in [4.78, 5) is 7.69. The van der Waals surface area contributed by atoms with E-state index in [1.807, 2.05) is 0 Å². The van der Waals surface area contributed by atoms with Gasteiger partial charge in [0.15, 0.2) is 0 Å². The number of likely N-dealkylation sites (tertiary alicyclic amines) is 3. The van der Waals surface area contributed by atoms with Crippen LogP contribution in [0.25, 0.3) is 0 Å². The van der Waals surface area contributed by atoms with E-state index in [4.69, 9.17) is 0 Å². The molecule has 0 amide bonds. The Balaban J connectivity index is 1.50. The molecule has 3 heteroatoms. The Labute approximate surface area is 106 Å². The van der Waals surface area contributed by atoms with Gasteiger partial charge in [0, 0.05) is 19.1 Å². The average molecular weight is 237 g/mol. The lowest BCUT2D eigenvalue weighted by Crippen LogP contribution is -2.60. The van der Waals surface area contributed by atoms with E-state index >= 15 is 0 Å². The molecule has 0 radical (unpaired) electrons. The Bertz CT molecular complexity index is 255. The predicted octanol–water partition coefficient (Wildman–Crippen LogP) is 1.11. The highest BCUT2D eigenvalue weighted by Gasteiger charge is 2.39. The largest absolute Gasteiger partial charge is 0.306 e. The maximum absolute atomic E-state index is 2.75. The van der Waals surface area contributed by atoms with E-state index in [-0.39, 0.29) is 0 Å². The summed E-state index contributed by atoms with van der Waals surface area (Å²) in [6.45, 7) is 7.98. The van der Waals surface area contributed by atoms with Gasteiger partial charge in [0.25, 0.3) is 0 Å². The zero-order valence-electron chi connectivity index (χ0n) is 11.5. The van der Waals surface area contributed by atoms with Crippen LogP contribution in [0.15, 0.2) is 0 Å². The number of likely N-dealkylation sites (N-methyl/N-ethyl adjacent to an activating group) is 1. The first-order chi connectivity index (χ1) is 8.17. The maximum atomic E-state index is 2.75. The third-order valence-electron chi connectivity index (χ3n) is 5.47. The van der Waals surface area contributed by atoms with Gasteiger partial charge in [-0.25, -0.2) is 0 Å². The third kappa shape index (κ3) is 2.38. The van der Waals surface area contributed by atoms with Crippen LogP contribution in [-0.2, 0) is 0 Å². The second kappa shape index (κ2) is 4.52. The first-order valence-electron chi connectivity index (χ1n) is 7.28. The topological polar surface area (TPSA) is 9.72 Å². The van der Waals surface area contributed by atoms with Gasteiger partial charge < -0.3 is 9.80 Å². The van der Waals surface area contributed by atoms with Crippen LogP contribution in [0.5, 0.6) is 0 Å². The lowest BCUT2D eigenvalue weighted by Gasteiger charge is -2.51. The molecular formula is C14H27N3. The van der Waals surface area contributed by atoms with Crippen LogP contribution in [0.1, 0.15) is 25.7 Å². The van der Waals surface area contributed by atoms with Gasteiger partial charge in [-0.2, -0.15) is 0 Å². The van der Waals surface area contributed by atoms with Gasteiger partial charge in [0.05, 0.1) is 0 Å². The van der Waals surface area contributed by atoms with Crippen LogP contribution in [0.2, 0.25) is 0 Å². The van der Waals surface area contributed by atoms with E-state index in [0.717, 1.165) is 11.5 Å². The van der Waals surface area contributed by atoms with Gasteiger partial charge in [-0.05, 0) is 71.4 Å². The normalized spacial score (nSPS) is 32.8. The summed E-state index contributed by atoms with van der Waals surface area (Å²) >= 11 is 0. The van der Waals surface area contributed by atoms with Crippen molar-refractivity contribution in [3.05, 3.63) is 0 Å². The van der Waals surface area contributed by atoms with Crippen LogP contribution in [-0.4, -0.2) is 74.1 Å². The SMILES string of the molecule is CN1CCC2(CC1)CCN(C1CN(C)C1)CC2. The summed E-state index contributed by atoms with van der Waals surface area (Å²) < 4.78 is 0. The Morgan fingerprint density at radius 3 is 1.82 bits per heavy atom. The average Bonchev–Trinajstić information content (AvgIpc) is 2.31. The molecule has 3 aliphatic heterocycles. The fourth-order valence-electron chi connectivity index (χ4n) is 3.85. The zero-order chi connectivity index (χ0) is 11.9. The van der Waals surface area contributed by atoms with Gasteiger partial charge in [0.2, 0.25) is 0 Å². The fraction of sp³-hybridized carbons (Fsp3) is 1.00. The Morgan fingerprint density at radius 2 is 1.29 bits per heavy atom. The van der Waals surface area contributed by atoms with Crippen LogP contribution in [0.4, 0.5) is 0 Å². The highest BCUT2D eigenvalue weighted by Crippen LogP contribution is 2.41. The van der Waals surface area contributed by atoms with Gasteiger partial charge in [-0.3, -0.25) is 4.90 Å². The molecule has 0 saturated carbocycles. The second-order valence-electron chi connectivity index (χ2n) is 6.71. The van der Waals surface area contributed by atoms with Crippen molar-refractivity contribution >= 4 is 0 Å². The number of rotatable bonds is 1. The van der Waals surface area contributed by atoms with E-state index in [2.05, 4.69) is 28.8 Å². The molecule has 0 aliphatic carbocycles. The molecule has 3 aliphatic rings. The molecule has 3 fully saturated rings. The first-order valence-corrected chi connectivity index (χ1v) is 7.28. The molecule has 0 bridgehead atoms. The molecule has 0 aromatic carbocycles. The van der Waals surface area contributed by atoms with Crippen molar-refractivity contribution in [2.45, 2.75) is 31.7 Å². The molecule has 0 atom stereocenters. The molecule has 17 heavy (non-hydrogen) atoms. The van der Waals surface area contributed by atoms with E-state index in [1.165, 1.54) is 65.0 Å². The van der Waals surface area contributed by atoms with E-state index in [0.29, 0.717) is 0 Å². The smallest absolute Gasteiger partial charge is 0.0350 e. The number of hydrogen-bond acceptors (Lipinski definition) is 3. The van der Waals surface area contributed by atoms with Crippen molar-refractivity contribution in [3.63, 3.8) is 0 Å². The van der Waals surface area contributed by atoms with Gasteiger partial charge in [-0.15, -0.1) is 0 Å². The van der Waals surface area contributed by atoms with E-state index < -0.39 is 0 Å². The monoisotopic (exact) mass is 237 g/mol. The summed E-state index contributed by atoms with van der Waals surface area (Å²) in [5.74, 6) is 0. The van der Waals surface area contributed by atoms with Crippen LogP contribution in [0, 0.1) is 5.41 Å². The molecule has 0 unspecified atom stereocenters. The minimum absolute atomic E-state index is 0.721. The molecule has 3 rings (SSSR count). The van der Waals surface area contributed by atoms with Gasteiger partial charge in [0.1, 0.15) is 0 Å². The molecule has 0 aromatic heterocycles. The quantitative estimate of drug-likeness (QED) is 0.676. The van der Waals surface area contributed by atoms with Crippen molar-refractivity contribution in [1.82, 2.24) is 14.7 Å². The predicted molar refractivity (Wildman–Crippen MR) is 71.3 cm³/mol. The van der Waals surface area contributed by atoms with Crippen molar-refractivity contribution < 1.29 is 0 Å². The lowest BCUT2D eigenvalue weighted by molar-refractivity contribution is -0.0135. The first kappa shape index (κ1) is 11.9. The minimum Gasteiger partial charge on any atom is -0.306 e. The van der Waals surface area contributed by atoms with E-state index in [1.54, 1.807) is 0 Å². The van der Waals surface area contributed by atoms with Crippen molar-refractivity contribution in [3.8, 4) is 0 Å². The van der Waals surface area contributed by atoms with Crippen molar-refractivity contribution in [1.29, 1.82) is 0 Å². The summed E-state index contributed by atoms with van der Waals surface area (Å²) in [6.07, 6.45) is 5.81. The third-order valence-corrected chi connectivity index (χ3v) is 5.47. The Hall–Kier alpha value is -0.120. The standard InChI is InChI=1S/C14H27N3/c1-15-7-3-14(4-8-15)5-9-17(10-6-14)13-11-16(2)12-13/h13H,3-12H2,1-2H3. The molecule has 3 saturated heterocycles. The van der Waals surface area contributed by atoms with Crippen molar-refractivity contribution in [2.24, 2.45) is 5.41 Å². The van der Waals surface area contributed by atoms with E-state index in [9.17, 15) is 0 Å². The van der Waals surface area contributed by atoms with Crippen molar-refractivity contribution in [2.75, 3.05) is 53.4 Å². The summed E-state index contributed by atoms with van der Waals surface area (Å²) in [5, 5.41) is 0. The number of hydrogen-bond donors (Lipinski definition) is 0. The summed E-state index contributed by atoms with van der Waals surface area (Å²) in [5.41, 5.74) is 0.721. The van der Waals surface area contributed by atoms with Crippen LogP contribution in [0.3, 0.4) is 0 Å². The Morgan fingerprint density at radius 1 is 0.765 bits per heavy atom. The molecular weight excluding hydrogens is 210 g/mol. The lowest BCUT2D eigenvalue weighted by atomic mass is 9.71. The van der Waals surface area contributed by atoms with Crippen LogP contribution >= 0.6 is 0 Å². The summed E-state index contributed by atoms with van der Waals surface area (Å²) in [6, 6.07) is 0.878. The number of nitrogens with zero attached hydrogens (tertiary/aromatic N) is 3. The molecule has 0 N–H and O–H groups in total. The second-order valence-corrected chi connectivity index (χ2v) is 6.71. The highest BCUT2D eigenvalue weighted by molar-refractivity contribution is 4.94. The molecule has 0 aromatic rings. The van der Waals surface area contributed by atoms with Gasteiger partial charge in [-0.1, -0.05) is 0 Å². The molecule has 3 nitrogen and oxygen atoms in total. The maximum Gasteiger partial charge on any atom is 0.0350 e. The minimum atomic E-state index is 0.721.